The monoisotopic (exact) mass is 302 g/mol. The van der Waals surface area contributed by atoms with Crippen LogP contribution in [-0.2, 0) is 4.74 Å². The lowest BCUT2D eigenvalue weighted by Gasteiger charge is -2.07. The Hall–Kier alpha value is -2.03. The third-order valence-corrected chi connectivity index (χ3v) is 3.78. The molecule has 1 atom stereocenters. The average molecular weight is 303 g/mol. The van der Waals surface area contributed by atoms with E-state index in [4.69, 9.17) is 22.1 Å². The molecular formula is C15H15ClN4O. The quantitative estimate of drug-likeness (QED) is 0.924. The molecule has 2 aromatic rings. The van der Waals surface area contributed by atoms with Crippen molar-refractivity contribution in [2.24, 2.45) is 0 Å². The second-order valence-corrected chi connectivity index (χ2v) is 5.59. The summed E-state index contributed by atoms with van der Waals surface area (Å²) in [6.45, 7) is 2.64. The predicted molar refractivity (Wildman–Crippen MR) is 80.4 cm³/mol. The summed E-state index contributed by atoms with van der Waals surface area (Å²) >= 11 is 6.09. The molecule has 2 heterocycles. The van der Waals surface area contributed by atoms with Gasteiger partial charge in [0.25, 0.3) is 0 Å². The van der Waals surface area contributed by atoms with Crippen LogP contribution in [0, 0.1) is 18.3 Å². The van der Waals surface area contributed by atoms with E-state index in [0.29, 0.717) is 28.7 Å². The number of nitrogens with two attached hydrogens (primary N) is 1. The molecule has 3 rings (SSSR count). The minimum absolute atomic E-state index is 0.150. The number of nitriles is 1. The lowest BCUT2D eigenvalue weighted by atomic mass is 10.1. The Morgan fingerprint density at radius 3 is 2.90 bits per heavy atom. The molecule has 1 fully saturated rings. The molecule has 0 saturated carbocycles. The molecule has 6 heteroatoms. The van der Waals surface area contributed by atoms with Gasteiger partial charge in [0.2, 0.25) is 0 Å². The molecule has 0 spiro atoms. The van der Waals surface area contributed by atoms with E-state index in [0.717, 1.165) is 24.1 Å². The summed E-state index contributed by atoms with van der Waals surface area (Å²) in [7, 11) is 0. The summed E-state index contributed by atoms with van der Waals surface area (Å²) < 4.78 is 7.19. The van der Waals surface area contributed by atoms with E-state index in [1.165, 1.54) is 0 Å². The Bertz CT molecular complexity index is 706. The zero-order valence-electron chi connectivity index (χ0n) is 11.6. The second kappa shape index (κ2) is 5.40. The first-order chi connectivity index (χ1) is 10.1. The van der Waals surface area contributed by atoms with Gasteiger partial charge in [-0.15, -0.1) is 0 Å². The van der Waals surface area contributed by atoms with Crippen LogP contribution in [0.15, 0.2) is 18.2 Å². The Morgan fingerprint density at radius 2 is 2.29 bits per heavy atom. The molecule has 0 bridgehead atoms. The van der Waals surface area contributed by atoms with Gasteiger partial charge in [0.15, 0.2) is 0 Å². The van der Waals surface area contributed by atoms with Gasteiger partial charge in [0.05, 0.1) is 5.69 Å². The fourth-order valence-corrected chi connectivity index (χ4v) is 2.90. The smallest absolute Gasteiger partial charge is 0.145 e. The Kier molecular flexibility index (Phi) is 3.58. The van der Waals surface area contributed by atoms with Crippen molar-refractivity contribution in [2.45, 2.75) is 25.9 Å². The molecule has 0 radical (unpaired) electrons. The van der Waals surface area contributed by atoms with Crippen LogP contribution in [0.25, 0.3) is 5.69 Å². The van der Waals surface area contributed by atoms with Gasteiger partial charge < -0.3 is 10.5 Å². The van der Waals surface area contributed by atoms with E-state index in [1.807, 2.05) is 19.1 Å². The molecule has 1 aromatic carbocycles. The van der Waals surface area contributed by atoms with Gasteiger partial charge in [0.1, 0.15) is 29.2 Å². The van der Waals surface area contributed by atoms with E-state index < -0.39 is 0 Å². The molecule has 2 N–H and O–H groups in total. The highest BCUT2D eigenvalue weighted by atomic mass is 35.5. The SMILES string of the molecule is Cc1cc(Cl)cc(-n2nc(C3CCCO3)c(C#N)c2N)c1. The summed E-state index contributed by atoms with van der Waals surface area (Å²) in [5.41, 5.74) is 8.85. The number of nitrogen functional groups attached to an aromatic ring is 1. The van der Waals surface area contributed by atoms with Crippen LogP contribution in [0.2, 0.25) is 5.02 Å². The topological polar surface area (TPSA) is 76.9 Å². The second-order valence-electron chi connectivity index (χ2n) is 5.16. The largest absolute Gasteiger partial charge is 0.382 e. The van der Waals surface area contributed by atoms with Crippen molar-refractivity contribution in [2.75, 3.05) is 12.3 Å². The van der Waals surface area contributed by atoms with Crippen LogP contribution in [0.4, 0.5) is 5.82 Å². The first kappa shape index (κ1) is 13.9. The molecule has 1 aromatic heterocycles. The molecule has 1 aliphatic heterocycles. The molecule has 5 nitrogen and oxygen atoms in total. The third kappa shape index (κ3) is 2.48. The highest BCUT2D eigenvalue weighted by molar-refractivity contribution is 6.30. The van der Waals surface area contributed by atoms with E-state index in [2.05, 4.69) is 11.2 Å². The maximum Gasteiger partial charge on any atom is 0.145 e. The van der Waals surface area contributed by atoms with Crippen LogP contribution in [0.1, 0.15) is 35.8 Å². The van der Waals surface area contributed by atoms with Crippen molar-refractivity contribution < 1.29 is 4.74 Å². The van der Waals surface area contributed by atoms with Crippen molar-refractivity contribution in [3.8, 4) is 11.8 Å². The molecule has 108 valence electrons. The van der Waals surface area contributed by atoms with E-state index in [-0.39, 0.29) is 6.10 Å². The number of rotatable bonds is 2. The van der Waals surface area contributed by atoms with Gasteiger partial charge in [-0.05, 0) is 43.5 Å². The maximum atomic E-state index is 9.36. The highest BCUT2D eigenvalue weighted by Gasteiger charge is 2.27. The average Bonchev–Trinajstić information content (AvgIpc) is 3.04. The Labute approximate surface area is 127 Å². The van der Waals surface area contributed by atoms with Gasteiger partial charge in [-0.25, -0.2) is 4.68 Å². The zero-order chi connectivity index (χ0) is 15.0. The first-order valence-corrected chi connectivity index (χ1v) is 7.15. The lowest BCUT2D eigenvalue weighted by Crippen LogP contribution is -2.03. The number of hydrogen-bond donors (Lipinski definition) is 1. The summed E-state index contributed by atoms with van der Waals surface area (Å²) in [5.74, 6) is 0.324. The summed E-state index contributed by atoms with van der Waals surface area (Å²) in [4.78, 5) is 0. The maximum absolute atomic E-state index is 9.36. The predicted octanol–water partition coefficient (Wildman–Crippen LogP) is 3.14. The number of aromatic nitrogens is 2. The normalized spacial score (nSPS) is 17.9. The van der Waals surface area contributed by atoms with Gasteiger partial charge in [-0.1, -0.05) is 11.6 Å². The molecule has 1 saturated heterocycles. The van der Waals surface area contributed by atoms with Crippen molar-refractivity contribution in [3.05, 3.63) is 40.0 Å². The number of aryl methyl sites for hydroxylation is 1. The van der Waals surface area contributed by atoms with Gasteiger partial charge >= 0.3 is 0 Å². The standard InChI is InChI=1S/C15H15ClN4O/c1-9-5-10(16)7-11(6-9)20-15(18)12(8-17)14(19-20)13-3-2-4-21-13/h5-7,13H,2-4,18H2,1H3. The van der Waals surface area contributed by atoms with E-state index in [9.17, 15) is 5.26 Å². The third-order valence-electron chi connectivity index (χ3n) is 3.57. The number of benzene rings is 1. The summed E-state index contributed by atoms with van der Waals surface area (Å²) in [6.07, 6.45) is 1.68. The molecule has 21 heavy (non-hydrogen) atoms. The van der Waals surface area contributed by atoms with E-state index in [1.54, 1.807) is 10.7 Å². The fourth-order valence-electron chi connectivity index (χ4n) is 2.62. The number of hydrogen-bond acceptors (Lipinski definition) is 4. The molecule has 0 amide bonds. The van der Waals surface area contributed by atoms with Crippen molar-refractivity contribution in [1.82, 2.24) is 9.78 Å². The first-order valence-electron chi connectivity index (χ1n) is 6.78. The number of ether oxygens (including phenoxy) is 1. The molecular weight excluding hydrogens is 288 g/mol. The Balaban J connectivity index is 2.13. The van der Waals surface area contributed by atoms with Gasteiger partial charge in [0, 0.05) is 11.6 Å². The van der Waals surface area contributed by atoms with Crippen LogP contribution in [-0.4, -0.2) is 16.4 Å². The minimum Gasteiger partial charge on any atom is -0.382 e. The van der Waals surface area contributed by atoms with Crippen LogP contribution >= 0.6 is 11.6 Å². The van der Waals surface area contributed by atoms with Crippen molar-refractivity contribution in [1.29, 1.82) is 5.26 Å². The van der Waals surface area contributed by atoms with Crippen LogP contribution < -0.4 is 5.73 Å². The summed E-state index contributed by atoms with van der Waals surface area (Å²) in [6, 6.07) is 7.70. The minimum atomic E-state index is -0.150. The van der Waals surface area contributed by atoms with Crippen LogP contribution in [0.3, 0.4) is 0 Å². The number of anilines is 1. The van der Waals surface area contributed by atoms with Crippen molar-refractivity contribution >= 4 is 17.4 Å². The van der Waals surface area contributed by atoms with Crippen molar-refractivity contribution in [3.63, 3.8) is 0 Å². The summed E-state index contributed by atoms with van der Waals surface area (Å²) in [5, 5.41) is 14.5. The van der Waals surface area contributed by atoms with Crippen LogP contribution in [0.5, 0.6) is 0 Å². The van der Waals surface area contributed by atoms with Gasteiger partial charge in [-0.3, -0.25) is 0 Å². The molecule has 1 aliphatic rings. The lowest BCUT2D eigenvalue weighted by molar-refractivity contribution is 0.108. The van der Waals surface area contributed by atoms with Gasteiger partial charge in [-0.2, -0.15) is 10.4 Å². The zero-order valence-corrected chi connectivity index (χ0v) is 12.4. The van der Waals surface area contributed by atoms with E-state index >= 15 is 0 Å². The number of halogens is 1. The number of nitrogens with zero attached hydrogens (tertiary/aromatic N) is 3. The molecule has 1 unspecified atom stereocenters. The Morgan fingerprint density at radius 1 is 1.48 bits per heavy atom. The molecule has 0 aliphatic carbocycles. The fraction of sp³-hybridized carbons (Fsp3) is 0.333. The highest BCUT2D eigenvalue weighted by Crippen LogP contribution is 2.33.